The zero-order chi connectivity index (χ0) is 23.7. The molecule has 5 nitrogen and oxygen atoms in total. The third-order valence-electron chi connectivity index (χ3n) is 4.19. The molecular formula is C20H12F7N3O2. The quantitative estimate of drug-likeness (QED) is 0.518. The summed E-state index contributed by atoms with van der Waals surface area (Å²) in [6.45, 7) is 0. The molecule has 0 aliphatic heterocycles. The van der Waals surface area contributed by atoms with E-state index in [1.54, 1.807) is 0 Å². The normalized spacial score (nSPS) is 11.9. The van der Waals surface area contributed by atoms with E-state index in [4.69, 9.17) is 4.74 Å². The van der Waals surface area contributed by atoms with E-state index < -0.39 is 41.0 Å². The highest BCUT2D eigenvalue weighted by Crippen LogP contribution is 2.36. The third kappa shape index (κ3) is 4.95. The van der Waals surface area contributed by atoms with Crippen LogP contribution in [-0.2, 0) is 12.4 Å². The van der Waals surface area contributed by atoms with Crippen LogP contribution in [0.1, 0.15) is 21.7 Å². The molecule has 0 radical (unpaired) electrons. The maximum Gasteiger partial charge on any atom is 0.433 e. The summed E-state index contributed by atoms with van der Waals surface area (Å²) in [5.74, 6) is -1.80. The minimum absolute atomic E-state index is 0.0543. The molecule has 0 saturated heterocycles. The fourth-order valence-electron chi connectivity index (χ4n) is 2.76. The lowest BCUT2D eigenvalue weighted by Crippen LogP contribution is -2.20. The number of ether oxygens (including phenoxy) is 1. The van der Waals surface area contributed by atoms with Gasteiger partial charge in [-0.3, -0.25) is 9.78 Å². The molecule has 0 aliphatic carbocycles. The van der Waals surface area contributed by atoms with Crippen LogP contribution in [0.2, 0.25) is 0 Å². The number of carbonyl (C=O) groups is 1. The largest absolute Gasteiger partial charge is 0.496 e. The Morgan fingerprint density at radius 3 is 2.12 bits per heavy atom. The number of carbonyl (C=O) groups excluding carboxylic acids is 1. The van der Waals surface area contributed by atoms with E-state index in [0.29, 0.717) is 5.56 Å². The first kappa shape index (κ1) is 23.0. The fourth-order valence-corrected chi connectivity index (χ4v) is 2.76. The minimum Gasteiger partial charge on any atom is -0.496 e. The van der Waals surface area contributed by atoms with Gasteiger partial charge in [-0.05, 0) is 30.3 Å². The molecule has 12 heteroatoms. The Hall–Kier alpha value is -3.70. The molecule has 3 rings (SSSR count). The number of alkyl halides is 6. The number of pyridine rings is 2. The molecule has 0 fully saturated rings. The van der Waals surface area contributed by atoms with Crippen molar-refractivity contribution in [2.24, 2.45) is 0 Å². The molecule has 168 valence electrons. The lowest BCUT2D eigenvalue weighted by Gasteiger charge is -2.15. The van der Waals surface area contributed by atoms with Crippen LogP contribution in [0.5, 0.6) is 5.75 Å². The Bertz CT molecular complexity index is 1130. The van der Waals surface area contributed by atoms with E-state index in [-0.39, 0.29) is 29.1 Å². The monoisotopic (exact) mass is 459 g/mol. The number of rotatable bonds is 4. The summed E-state index contributed by atoms with van der Waals surface area (Å²) in [5.41, 5.74) is -4.17. The van der Waals surface area contributed by atoms with Gasteiger partial charge in [0.25, 0.3) is 5.91 Å². The highest BCUT2D eigenvalue weighted by atomic mass is 19.4. The van der Waals surface area contributed by atoms with Crippen LogP contribution in [0.15, 0.2) is 48.8 Å². The number of anilines is 1. The van der Waals surface area contributed by atoms with Crippen LogP contribution in [0, 0.1) is 5.82 Å². The van der Waals surface area contributed by atoms with Crippen molar-refractivity contribution in [1.29, 1.82) is 0 Å². The fraction of sp³-hybridized carbons (Fsp3) is 0.150. The molecule has 0 spiro atoms. The van der Waals surface area contributed by atoms with Crippen LogP contribution in [0.25, 0.3) is 11.1 Å². The van der Waals surface area contributed by atoms with Crippen LogP contribution >= 0.6 is 0 Å². The summed E-state index contributed by atoms with van der Waals surface area (Å²) in [5, 5.41) is 2.24. The first-order valence-electron chi connectivity index (χ1n) is 8.66. The number of nitrogens with one attached hydrogen (secondary N) is 1. The average molecular weight is 459 g/mol. The molecule has 3 aromatic rings. The van der Waals surface area contributed by atoms with Gasteiger partial charge in [-0.2, -0.15) is 26.3 Å². The summed E-state index contributed by atoms with van der Waals surface area (Å²) in [7, 11) is 1.27. The van der Waals surface area contributed by atoms with Crippen LogP contribution in [-0.4, -0.2) is 23.0 Å². The van der Waals surface area contributed by atoms with Gasteiger partial charge in [-0.1, -0.05) is 0 Å². The third-order valence-corrected chi connectivity index (χ3v) is 4.19. The lowest BCUT2D eigenvalue weighted by molar-refractivity contribution is -0.150. The van der Waals surface area contributed by atoms with Crippen molar-refractivity contribution in [2.75, 3.05) is 12.4 Å². The summed E-state index contributed by atoms with van der Waals surface area (Å²) in [6.07, 6.45) is -7.97. The Kier molecular flexibility index (Phi) is 6.06. The average Bonchev–Trinajstić information content (AvgIpc) is 2.72. The Morgan fingerprint density at radius 1 is 0.938 bits per heavy atom. The van der Waals surface area contributed by atoms with Gasteiger partial charge in [0.05, 0.1) is 19.0 Å². The number of methoxy groups -OCH3 is 1. The molecule has 0 atom stereocenters. The van der Waals surface area contributed by atoms with Gasteiger partial charge in [0.1, 0.15) is 23.0 Å². The maximum absolute atomic E-state index is 13.5. The van der Waals surface area contributed by atoms with Gasteiger partial charge < -0.3 is 10.1 Å². The van der Waals surface area contributed by atoms with Crippen LogP contribution in [0.3, 0.4) is 0 Å². The van der Waals surface area contributed by atoms with Crippen molar-refractivity contribution >= 4 is 11.6 Å². The Balaban J connectivity index is 2.04. The van der Waals surface area contributed by atoms with Gasteiger partial charge in [0, 0.05) is 29.0 Å². The predicted octanol–water partition coefficient (Wildman–Crippen LogP) is 5.58. The van der Waals surface area contributed by atoms with Gasteiger partial charge in [0.2, 0.25) is 0 Å². The standard InChI is InChI=1S/C20H12F7N3O2/c1-32-15-8-11(21)2-3-13(15)12-4-5-28-9-14(12)29-18(31)10-6-16(19(22,23)24)30-17(7-10)20(25,26)27/h2-9H,1H3,(H,29,31). The van der Waals surface area contributed by atoms with E-state index in [2.05, 4.69) is 15.3 Å². The summed E-state index contributed by atoms with van der Waals surface area (Å²) < 4.78 is 96.7. The predicted molar refractivity (Wildman–Crippen MR) is 98.4 cm³/mol. The van der Waals surface area contributed by atoms with Crippen molar-refractivity contribution in [3.8, 4) is 16.9 Å². The summed E-state index contributed by atoms with van der Waals surface area (Å²) in [4.78, 5) is 18.9. The highest BCUT2D eigenvalue weighted by molar-refractivity contribution is 6.06. The lowest BCUT2D eigenvalue weighted by atomic mass is 10.0. The number of aromatic nitrogens is 2. The molecule has 0 bridgehead atoms. The molecule has 0 saturated carbocycles. The first-order chi connectivity index (χ1) is 14.9. The van der Waals surface area contributed by atoms with Crippen molar-refractivity contribution in [3.63, 3.8) is 0 Å². The van der Waals surface area contributed by atoms with Crippen molar-refractivity contribution < 1.29 is 40.3 Å². The second-order valence-electron chi connectivity index (χ2n) is 6.34. The second kappa shape index (κ2) is 8.44. The molecule has 2 aromatic heterocycles. The van der Waals surface area contributed by atoms with Crippen molar-refractivity contribution in [3.05, 3.63) is 71.6 Å². The Labute approximate surface area is 175 Å². The van der Waals surface area contributed by atoms with Crippen molar-refractivity contribution in [2.45, 2.75) is 12.4 Å². The molecule has 2 heterocycles. The number of nitrogens with zero attached hydrogens (tertiary/aromatic N) is 2. The highest BCUT2D eigenvalue weighted by Gasteiger charge is 2.39. The summed E-state index contributed by atoms with van der Waals surface area (Å²) in [6, 6.07) is 5.32. The number of hydrogen-bond donors (Lipinski definition) is 1. The van der Waals surface area contributed by atoms with Gasteiger partial charge >= 0.3 is 12.4 Å². The van der Waals surface area contributed by atoms with Crippen LogP contribution in [0.4, 0.5) is 36.4 Å². The maximum atomic E-state index is 13.5. The number of hydrogen-bond acceptors (Lipinski definition) is 4. The summed E-state index contributed by atoms with van der Waals surface area (Å²) >= 11 is 0. The molecule has 1 amide bonds. The van der Waals surface area contributed by atoms with Crippen LogP contribution < -0.4 is 10.1 Å². The SMILES string of the molecule is COc1cc(F)ccc1-c1ccncc1NC(=O)c1cc(C(F)(F)F)nc(C(F)(F)F)c1. The van der Waals surface area contributed by atoms with Gasteiger partial charge in [-0.15, -0.1) is 0 Å². The van der Waals surface area contributed by atoms with E-state index in [1.807, 2.05) is 0 Å². The Morgan fingerprint density at radius 2 is 1.56 bits per heavy atom. The zero-order valence-corrected chi connectivity index (χ0v) is 16.0. The molecule has 0 aliphatic rings. The van der Waals surface area contributed by atoms with Gasteiger partial charge in [0.15, 0.2) is 0 Å². The molecule has 32 heavy (non-hydrogen) atoms. The topological polar surface area (TPSA) is 64.1 Å². The molecule has 1 N–H and O–H groups in total. The molecule has 0 unspecified atom stereocenters. The number of benzene rings is 1. The number of amides is 1. The van der Waals surface area contributed by atoms with Gasteiger partial charge in [-0.25, -0.2) is 9.37 Å². The van der Waals surface area contributed by atoms with E-state index in [1.165, 1.54) is 25.4 Å². The molecule has 1 aromatic carbocycles. The second-order valence-corrected chi connectivity index (χ2v) is 6.34. The first-order valence-corrected chi connectivity index (χ1v) is 8.66. The van der Waals surface area contributed by atoms with E-state index in [9.17, 15) is 35.5 Å². The van der Waals surface area contributed by atoms with E-state index in [0.717, 1.165) is 18.3 Å². The smallest absolute Gasteiger partial charge is 0.433 e. The minimum atomic E-state index is -5.21. The van der Waals surface area contributed by atoms with E-state index >= 15 is 0 Å². The zero-order valence-electron chi connectivity index (χ0n) is 16.0. The molecular weight excluding hydrogens is 447 g/mol. The number of halogens is 7. The van der Waals surface area contributed by atoms with Crippen molar-refractivity contribution in [1.82, 2.24) is 9.97 Å².